The predicted molar refractivity (Wildman–Crippen MR) is 57.8 cm³/mol. The minimum absolute atomic E-state index is 0.0162. The van der Waals surface area contributed by atoms with Crippen molar-refractivity contribution in [3.8, 4) is 0 Å². The number of halogens is 3. The van der Waals surface area contributed by atoms with Crippen LogP contribution in [-0.2, 0) is 9.53 Å². The van der Waals surface area contributed by atoms with Gasteiger partial charge in [-0.25, -0.2) is 0 Å². The van der Waals surface area contributed by atoms with Crippen molar-refractivity contribution < 1.29 is 9.53 Å². The molecule has 0 unspecified atom stereocenters. The molecular weight excluding hydrogens is 234 g/mol. The lowest BCUT2D eigenvalue weighted by Crippen LogP contribution is -2.07. The minimum atomic E-state index is -1.41. The summed E-state index contributed by atoms with van der Waals surface area (Å²) in [6, 6.07) is 0. The second-order valence-corrected chi connectivity index (χ2v) is 4.79. The molecule has 0 saturated heterocycles. The van der Waals surface area contributed by atoms with Crippen molar-refractivity contribution in [1.82, 2.24) is 0 Å². The molecule has 0 heterocycles. The van der Waals surface area contributed by atoms with Crippen molar-refractivity contribution in [3.05, 3.63) is 0 Å². The summed E-state index contributed by atoms with van der Waals surface area (Å²) >= 11 is 15.7. The third-order valence-electron chi connectivity index (χ3n) is 0.858. The first kappa shape index (κ1) is 15.9. The molecule has 0 amide bonds. The van der Waals surface area contributed by atoms with Crippen molar-refractivity contribution in [2.75, 3.05) is 13.2 Å². The molecule has 0 aliphatic carbocycles. The first-order valence-corrected chi connectivity index (χ1v) is 5.10. The van der Waals surface area contributed by atoms with E-state index in [-0.39, 0.29) is 12.2 Å². The monoisotopic (exact) mass is 248 g/mol. The van der Waals surface area contributed by atoms with Gasteiger partial charge in [-0.2, -0.15) is 0 Å². The third-order valence-corrected chi connectivity index (χ3v) is 1.26. The first-order valence-electron chi connectivity index (χ1n) is 3.97. The maximum absolute atomic E-state index is 10.2. The highest BCUT2D eigenvalue weighted by molar-refractivity contribution is 6.68. The van der Waals surface area contributed by atoms with E-state index in [9.17, 15) is 4.79 Å². The Hall–Kier alpha value is 0.500. The Balaban J connectivity index is 0. The normalized spacial score (nSPS) is 10.3. The van der Waals surface area contributed by atoms with Gasteiger partial charge in [-0.3, -0.25) is 4.79 Å². The predicted octanol–water partition coefficient (Wildman–Crippen LogP) is 3.38. The number of carbonyl (C=O) groups excluding carboxylic acids is 1. The fraction of sp³-hybridized carbons (Fsp3) is 0.875. The zero-order valence-corrected chi connectivity index (χ0v) is 10.3. The molecule has 0 aromatic heterocycles. The lowest BCUT2D eigenvalue weighted by Gasteiger charge is -2.05. The molecule has 5 heteroatoms. The molecule has 0 saturated carbocycles. The molecule has 0 aliphatic heterocycles. The number of hydrogen-bond donors (Lipinski definition) is 0. The Morgan fingerprint density at radius 3 is 1.62 bits per heavy atom. The van der Waals surface area contributed by atoms with E-state index in [1.807, 2.05) is 13.8 Å². The molecular formula is C8H15Cl3O2. The summed E-state index contributed by atoms with van der Waals surface area (Å²) in [5.41, 5.74) is 0. The van der Waals surface area contributed by atoms with Crippen LogP contribution in [0.25, 0.3) is 0 Å². The average molecular weight is 250 g/mol. The van der Waals surface area contributed by atoms with E-state index in [1.54, 1.807) is 0 Å². The number of alkyl halides is 3. The van der Waals surface area contributed by atoms with Crippen LogP contribution >= 0.6 is 34.8 Å². The highest BCUT2D eigenvalue weighted by Crippen LogP contribution is 2.29. The van der Waals surface area contributed by atoms with Crippen molar-refractivity contribution in [1.29, 1.82) is 0 Å². The number of Topliss-reactive ketones (excluding diaryl/α,β-unsaturated/α-hetero) is 1. The van der Waals surface area contributed by atoms with Crippen LogP contribution in [-0.4, -0.2) is 22.8 Å². The molecule has 0 spiro atoms. The van der Waals surface area contributed by atoms with Crippen LogP contribution in [0.15, 0.2) is 0 Å². The largest absolute Gasteiger partial charge is 0.382 e. The third kappa shape index (κ3) is 24.5. The van der Waals surface area contributed by atoms with Gasteiger partial charge in [0.15, 0.2) is 3.79 Å². The van der Waals surface area contributed by atoms with E-state index in [0.717, 1.165) is 13.2 Å². The molecule has 2 nitrogen and oxygen atoms in total. The summed E-state index contributed by atoms with van der Waals surface area (Å²) in [5, 5.41) is 0. The standard InChI is InChI=1S/C4H5Cl3O.C4H10O/c1-3(8)2-4(5,6)7;1-3-5-4-2/h2H2,1H3;3-4H2,1-2H3. The van der Waals surface area contributed by atoms with E-state index < -0.39 is 3.79 Å². The van der Waals surface area contributed by atoms with Crippen LogP contribution in [0.5, 0.6) is 0 Å². The van der Waals surface area contributed by atoms with Gasteiger partial charge in [0.05, 0.1) is 6.42 Å². The van der Waals surface area contributed by atoms with Gasteiger partial charge >= 0.3 is 0 Å². The Labute approximate surface area is 94.5 Å². The Morgan fingerprint density at radius 1 is 1.23 bits per heavy atom. The molecule has 0 aromatic carbocycles. The Morgan fingerprint density at radius 2 is 1.62 bits per heavy atom. The van der Waals surface area contributed by atoms with Crippen molar-refractivity contribution in [3.63, 3.8) is 0 Å². The molecule has 0 rings (SSSR count). The van der Waals surface area contributed by atoms with Crippen LogP contribution in [0.3, 0.4) is 0 Å². The fourth-order valence-electron chi connectivity index (χ4n) is 0.486. The van der Waals surface area contributed by atoms with Crippen LogP contribution < -0.4 is 0 Å². The molecule has 0 bridgehead atoms. The molecule has 13 heavy (non-hydrogen) atoms. The van der Waals surface area contributed by atoms with Gasteiger partial charge in [-0.05, 0) is 20.8 Å². The quantitative estimate of drug-likeness (QED) is 0.717. The zero-order valence-electron chi connectivity index (χ0n) is 8.07. The summed E-state index contributed by atoms with van der Waals surface area (Å²) in [4.78, 5) is 10.2. The Kier molecular flexibility index (Phi) is 11.1. The second-order valence-electron chi connectivity index (χ2n) is 2.28. The van der Waals surface area contributed by atoms with E-state index in [4.69, 9.17) is 39.5 Å². The maximum atomic E-state index is 10.2. The van der Waals surface area contributed by atoms with Gasteiger partial charge in [-0.15, -0.1) is 0 Å². The van der Waals surface area contributed by atoms with Gasteiger partial charge in [0.2, 0.25) is 0 Å². The minimum Gasteiger partial charge on any atom is -0.382 e. The number of ketones is 1. The average Bonchev–Trinajstić information content (AvgIpc) is 1.84. The zero-order chi connectivity index (χ0) is 10.9. The number of rotatable bonds is 3. The van der Waals surface area contributed by atoms with Crippen LogP contribution in [0.1, 0.15) is 27.2 Å². The summed E-state index contributed by atoms with van der Waals surface area (Å²) in [6.45, 7) is 7.04. The smallest absolute Gasteiger partial charge is 0.197 e. The molecule has 0 aromatic rings. The summed E-state index contributed by atoms with van der Waals surface area (Å²) < 4.78 is 3.42. The van der Waals surface area contributed by atoms with Gasteiger partial charge in [0, 0.05) is 13.2 Å². The number of ether oxygens (including phenoxy) is 1. The van der Waals surface area contributed by atoms with Gasteiger partial charge < -0.3 is 4.74 Å². The second kappa shape index (κ2) is 9.07. The van der Waals surface area contributed by atoms with Gasteiger partial charge in [0.1, 0.15) is 5.78 Å². The van der Waals surface area contributed by atoms with Crippen molar-refractivity contribution in [2.45, 2.75) is 31.0 Å². The highest BCUT2D eigenvalue weighted by atomic mass is 35.6. The van der Waals surface area contributed by atoms with E-state index in [0.29, 0.717) is 0 Å². The van der Waals surface area contributed by atoms with Gasteiger partial charge in [-0.1, -0.05) is 34.8 Å². The summed E-state index contributed by atoms with van der Waals surface area (Å²) in [6.07, 6.45) is -0.0162. The van der Waals surface area contributed by atoms with Crippen LogP contribution in [0, 0.1) is 0 Å². The molecule has 0 aliphatic rings. The first-order chi connectivity index (χ1) is 5.83. The van der Waals surface area contributed by atoms with E-state index in [2.05, 4.69) is 0 Å². The fourth-order valence-corrected chi connectivity index (χ4v) is 1.05. The number of carbonyl (C=O) groups is 1. The van der Waals surface area contributed by atoms with Gasteiger partial charge in [0.25, 0.3) is 0 Å². The highest BCUT2D eigenvalue weighted by Gasteiger charge is 2.21. The number of hydrogen-bond acceptors (Lipinski definition) is 2. The lowest BCUT2D eigenvalue weighted by atomic mass is 10.3. The molecule has 0 atom stereocenters. The van der Waals surface area contributed by atoms with Crippen LogP contribution in [0.2, 0.25) is 0 Å². The topological polar surface area (TPSA) is 26.3 Å². The molecule has 0 fully saturated rings. The lowest BCUT2D eigenvalue weighted by molar-refractivity contribution is -0.116. The van der Waals surface area contributed by atoms with E-state index >= 15 is 0 Å². The van der Waals surface area contributed by atoms with Crippen LogP contribution in [0.4, 0.5) is 0 Å². The van der Waals surface area contributed by atoms with Crippen molar-refractivity contribution in [2.24, 2.45) is 0 Å². The summed E-state index contributed by atoms with van der Waals surface area (Å²) in [5.74, 6) is -0.120. The van der Waals surface area contributed by atoms with E-state index in [1.165, 1.54) is 6.92 Å². The van der Waals surface area contributed by atoms with Crippen molar-refractivity contribution >= 4 is 40.6 Å². The summed E-state index contributed by atoms with van der Waals surface area (Å²) in [7, 11) is 0. The SMILES string of the molecule is CC(=O)CC(Cl)(Cl)Cl.CCOCC. The molecule has 0 radical (unpaired) electrons. The maximum Gasteiger partial charge on any atom is 0.197 e. The molecule has 0 N–H and O–H groups in total. The molecule has 80 valence electrons. The Bertz CT molecular complexity index is 130.